The molecule has 0 aliphatic carbocycles. The molecule has 7 heteroatoms. The Morgan fingerprint density at radius 3 is 2.68 bits per heavy atom. The monoisotopic (exact) mass is 347 g/mol. The molecule has 2 amide bonds. The van der Waals surface area contributed by atoms with E-state index in [2.05, 4.69) is 29.4 Å². The number of benzene rings is 1. The van der Waals surface area contributed by atoms with Gasteiger partial charge in [0.1, 0.15) is 5.58 Å². The van der Waals surface area contributed by atoms with Crippen molar-refractivity contribution in [2.24, 2.45) is 0 Å². The average molecular weight is 347 g/mol. The van der Waals surface area contributed by atoms with Gasteiger partial charge >= 0.3 is 11.7 Å². The summed E-state index contributed by atoms with van der Waals surface area (Å²) in [5.41, 5.74) is 0.634. The van der Waals surface area contributed by atoms with Crippen LogP contribution >= 0.6 is 0 Å². The summed E-state index contributed by atoms with van der Waals surface area (Å²) in [5.74, 6) is 0. The van der Waals surface area contributed by atoms with Gasteiger partial charge in [-0.1, -0.05) is 13.8 Å². The number of nitrogens with one attached hydrogen (secondary N) is 2. The van der Waals surface area contributed by atoms with E-state index in [4.69, 9.17) is 4.42 Å². The minimum atomic E-state index is -0.412. The summed E-state index contributed by atoms with van der Waals surface area (Å²) in [5, 5.41) is 15.7. The van der Waals surface area contributed by atoms with Gasteiger partial charge in [0.2, 0.25) is 0 Å². The number of carbonyl (C=O) groups is 1. The van der Waals surface area contributed by atoms with Gasteiger partial charge in [-0.2, -0.15) is 0 Å². The first-order valence-corrected chi connectivity index (χ1v) is 8.50. The van der Waals surface area contributed by atoms with Crippen molar-refractivity contribution >= 4 is 22.7 Å². The highest BCUT2D eigenvalue weighted by molar-refractivity contribution is 5.92. The number of fused-ring (bicyclic) bond motifs is 1. The summed E-state index contributed by atoms with van der Waals surface area (Å²) in [4.78, 5) is 25.6. The fourth-order valence-corrected chi connectivity index (χ4v) is 2.59. The van der Waals surface area contributed by atoms with Crippen molar-refractivity contribution in [1.29, 1.82) is 0 Å². The second kappa shape index (κ2) is 9.19. The molecule has 0 bridgehead atoms. The van der Waals surface area contributed by atoms with Gasteiger partial charge < -0.3 is 25.1 Å². The smallest absolute Gasteiger partial charge is 0.336 e. The second-order valence-electron chi connectivity index (χ2n) is 5.80. The molecule has 0 aliphatic rings. The Balaban J connectivity index is 1.94. The lowest BCUT2D eigenvalue weighted by Crippen LogP contribution is -2.42. The van der Waals surface area contributed by atoms with Gasteiger partial charge in [0.05, 0.1) is 12.6 Å². The molecule has 0 saturated heterocycles. The van der Waals surface area contributed by atoms with Crippen LogP contribution in [0.4, 0.5) is 10.5 Å². The standard InChI is InChI=1S/C18H25N3O4/c1-3-21(4-2)10-9-15(12-22)20-18(24)19-14-6-7-16-13(11-14)5-8-17(23)25-16/h5-8,11,15,22H,3-4,9-10,12H2,1-2H3,(H2,19,20,24). The zero-order valence-electron chi connectivity index (χ0n) is 14.6. The zero-order valence-corrected chi connectivity index (χ0v) is 14.6. The van der Waals surface area contributed by atoms with Crippen LogP contribution in [0.3, 0.4) is 0 Å². The number of anilines is 1. The summed E-state index contributed by atoms with van der Waals surface area (Å²) in [7, 11) is 0. The molecule has 0 spiro atoms. The van der Waals surface area contributed by atoms with Gasteiger partial charge in [-0.3, -0.25) is 0 Å². The van der Waals surface area contributed by atoms with Crippen molar-refractivity contribution in [2.45, 2.75) is 26.3 Å². The molecular formula is C18H25N3O4. The molecule has 2 aromatic rings. The van der Waals surface area contributed by atoms with Gasteiger partial charge in [0, 0.05) is 23.7 Å². The number of carbonyl (C=O) groups excluding carboxylic acids is 1. The third-order valence-corrected chi connectivity index (χ3v) is 4.12. The SMILES string of the molecule is CCN(CC)CCC(CO)NC(=O)Nc1ccc2oc(=O)ccc2c1. The Morgan fingerprint density at radius 2 is 2.00 bits per heavy atom. The van der Waals surface area contributed by atoms with Crippen molar-refractivity contribution in [3.63, 3.8) is 0 Å². The van der Waals surface area contributed by atoms with Crippen LogP contribution in [0.2, 0.25) is 0 Å². The van der Waals surface area contributed by atoms with Crippen LogP contribution in [-0.2, 0) is 0 Å². The highest BCUT2D eigenvalue weighted by Crippen LogP contribution is 2.17. The quantitative estimate of drug-likeness (QED) is 0.635. The number of aliphatic hydroxyl groups excluding tert-OH is 1. The maximum Gasteiger partial charge on any atom is 0.336 e. The summed E-state index contributed by atoms with van der Waals surface area (Å²) >= 11 is 0. The van der Waals surface area contributed by atoms with Gasteiger partial charge in [-0.25, -0.2) is 9.59 Å². The first-order valence-electron chi connectivity index (χ1n) is 8.50. The summed E-state index contributed by atoms with van der Waals surface area (Å²) in [6.07, 6.45) is 0.675. The molecule has 1 atom stereocenters. The molecule has 1 aromatic heterocycles. The van der Waals surface area contributed by atoms with Crippen LogP contribution in [0.1, 0.15) is 20.3 Å². The molecule has 1 heterocycles. The Kier molecular flexibility index (Phi) is 6.97. The van der Waals surface area contributed by atoms with E-state index >= 15 is 0 Å². The maximum atomic E-state index is 12.1. The van der Waals surface area contributed by atoms with E-state index in [1.807, 2.05) is 0 Å². The predicted octanol–water partition coefficient (Wildman–Crippen LogP) is 2.01. The number of amides is 2. The van der Waals surface area contributed by atoms with Crippen LogP contribution in [0.15, 0.2) is 39.5 Å². The number of urea groups is 1. The summed E-state index contributed by atoms with van der Waals surface area (Å²) in [6, 6.07) is 7.31. The van der Waals surface area contributed by atoms with Crippen LogP contribution in [-0.4, -0.2) is 48.3 Å². The minimum absolute atomic E-state index is 0.114. The molecular weight excluding hydrogens is 322 g/mol. The fraction of sp³-hybridized carbons (Fsp3) is 0.444. The van der Waals surface area contributed by atoms with E-state index in [1.165, 1.54) is 6.07 Å². The molecule has 136 valence electrons. The largest absolute Gasteiger partial charge is 0.423 e. The maximum absolute atomic E-state index is 12.1. The molecule has 1 unspecified atom stereocenters. The average Bonchev–Trinajstić information content (AvgIpc) is 2.61. The highest BCUT2D eigenvalue weighted by Gasteiger charge is 2.13. The van der Waals surface area contributed by atoms with E-state index < -0.39 is 5.63 Å². The third-order valence-electron chi connectivity index (χ3n) is 4.12. The highest BCUT2D eigenvalue weighted by atomic mass is 16.4. The van der Waals surface area contributed by atoms with Crippen LogP contribution in [0.5, 0.6) is 0 Å². The van der Waals surface area contributed by atoms with Gasteiger partial charge in [0.15, 0.2) is 0 Å². The molecule has 2 rings (SSSR count). The van der Waals surface area contributed by atoms with Gasteiger partial charge in [0.25, 0.3) is 0 Å². The van der Waals surface area contributed by atoms with Gasteiger partial charge in [-0.05, 0) is 43.8 Å². The van der Waals surface area contributed by atoms with Crippen molar-refractivity contribution in [1.82, 2.24) is 10.2 Å². The Bertz CT molecular complexity index is 755. The van der Waals surface area contributed by atoms with E-state index in [9.17, 15) is 14.7 Å². The minimum Gasteiger partial charge on any atom is -0.423 e. The number of rotatable bonds is 8. The first kappa shape index (κ1) is 19.0. The molecule has 0 saturated carbocycles. The van der Waals surface area contributed by atoms with E-state index in [-0.39, 0.29) is 18.7 Å². The molecule has 0 radical (unpaired) electrons. The predicted molar refractivity (Wildman–Crippen MR) is 97.9 cm³/mol. The molecule has 25 heavy (non-hydrogen) atoms. The van der Waals surface area contributed by atoms with Gasteiger partial charge in [-0.15, -0.1) is 0 Å². The lowest BCUT2D eigenvalue weighted by molar-refractivity contribution is 0.206. The van der Waals surface area contributed by atoms with Crippen molar-refractivity contribution < 1.29 is 14.3 Å². The van der Waals surface area contributed by atoms with E-state index in [0.717, 1.165) is 25.0 Å². The molecule has 7 nitrogen and oxygen atoms in total. The lowest BCUT2D eigenvalue weighted by Gasteiger charge is -2.22. The summed E-state index contributed by atoms with van der Waals surface area (Å²) < 4.78 is 5.06. The van der Waals surface area contributed by atoms with Crippen molar-refractivity contribution in [3.05, 3.63) is 40.8 Å². The Hall–Kier alpha value is -2.38. The first-order chi connectivity index (χ1) is 12.0. The number of nitrogens with zero attached hydrogens (tertiary/aromatic N) is 1. The third kappa shape index (κ3) is 5.58. The molecule has 0 fully saturated rings. The van der Waals surface area contributed by atoms with Crippen LogP contribution in [0, 0.1) is 0 Å². The van der Waals surface area contributed by atoms with Crippen LogP contribution < -0.4 is 16.3 Å². The lowest BCUT2D eigenvalue weighted by atomic mass is 10.2. The zero-order chi connectivity index (χ0) is 18.2. The molecule has 3 N–H and O–H groups in total. The Labute approximate surface area is 146 Å². The topological polar surface area (TPSA) is 94.8 Å². The molecule has 0 aliphatic heterocycles. The molecule has 1 aromatic carbocycles. The Morgan fingerprint density at radius 1 is 1.24 bits per heavy atom. The fourth-order valence-electron chi connectivity index (χ4n) is 2.59. The normalized spacial score (nSPS) is 12.3. The second-order valence-corrected chi connectivity index (χ2v) is 5.80. The van der Waals surface area contributed by atoms with Crippen LogP contribution in [0.25, 0.3) is 11.0 Å². The number of hydrogen-bond acceptors (Lipinski definition) is 5. The number of hydrogen-bond donors (Lipinski definition) is 3. The summed E-state index contributed by atoms with van der Waals surface area (Å²) in [6.45, 7) is 6.74. The van der Waals surface area contributed by atoms with Crippen molar-refractivity contribution in [3.8, 4) is 0 Å². The van der Waals surface area contributed by atoms with E-state index in [0.29, 0.717) is 17.7 Å². The van der Waals surface area contributed by atoms with Crippen molar-refractivity contribution in [2.75, 3.05) is 31.6 Å². The number of aliphatic hydroxyl groups is 1. The van der Waals surface area contributed by atoms with E-state index in [1.54, 1.807) is 24.3 Å².